The number of hydrogen-bond acceptors (Lipinski definition) is 2. The first kappa shape index (κ1) is 12.9. The molecular weight excluding hydrogens is 246 g/mol. The molecule has 1 aromatic rings. The van der Waals surface area contributed by atoms with Crippen molar-refractivity contribution in [3.05, 3.63) is 18.0 Å². The van der Waals surface area contributed by atoms with Gasteiger partial charge in [0, 0.05) is 25.0 Å². The lowest BCUT2D eigenvalue weighted by Crippen LogP contribution is -2.51. The van der Waals surface area contributed by atoms with Crippen LogP contribution in [0.2, 0.25) is 0 Å². The predicted molar refractivity (Wildman–Crippen MR) is 80.0 cm³/mol. The van der Waals surface area contributed by atoms with E-state index >= 15 is 0 Å². The monoisotopic (exact) mass is 273 g/mol. The quantitative estimate of drug-likeness (QED) is 0.916. The van der Waals surface area contributed by atoms with Gasteiger partial charge in [0.15, 0.2) is 0 Å². The zero-order valence-electron chi connectivity index (χ0n) is 12.5. The van der Waals surface area contributed by atoms with E-state index in [4.69, 9.17) is 5.73 Å². The summed E-state index contributed by atoms with van der Waals surface area (Å²) in [7, 11) is 2.03. The molecule has 0 spiro atoms. The number of rotatable bonds is 4. The van der Waals surface area contributed by atoms with E-state index in [2.05, 4.69) is 11.2 Å². The molecule has 4 fully saturated rings. The maximum absolute atomic E-state index is 6.64. The highest BCUT2D eigenvalue weighted by molar-refractivity contribution is 5.04. The second-order valence-electron chi connectivity index (χ2n) is 7.66. The maximum atomic E-state index is 6.64. The molecule has 1 aromatic heterocycles. The molecule has 110 valence electrons. The summed E-state index contributed by atoms with van der Waals surface area (Å²) in [6.45, 7) is 0. The Balaban J connectivity index is 1.41. The summed E-state index contributed by atoms with van der Waals surface area (Å²) in [5.74, 6) is 4.83. The zero-order valence-corrected chi connectivity index (χ0v) is 12.5. The molecule has 1 atom stereocenters. The van der Waals surface area contributed by atoms with Gasteiger partial charge in [0.1, 0.15) is 0 Å². The van der Waals surface area contributed by atoms with Gasteiger partial charge in [0.05, 0.1) is 0 Å². The fraction of sp³-hybridized carbons (Fsp3) is 0.824. The average Bonchev–Trinajstić information content (AvgIpc) is 2.80. The lowest BCUT2D eigenvalue weighted by Gasteiger charge is -2.56. The summed E-state index contributed by atoms with van der Waals surface area (Å²) in [6, 6.07) is 2.53. The molecule has 5 rings (SSSR count). The third kappa shape index (κ3) is 2.11. The molecule has 1 heterocycles. The van der Waals surface area contributed by atoms with Crippen molar-refractivity contribution in [2.45, 2.75) is 51.0 Å². The van der Waals surface area contributed by atoms with E-state index in [0.717, 1.165) is 42.4 Å². The normalized spacial score (nSPS) is 40.2. The molecule has 2 N–H and O–H groups in total. The van der Waals surface area contributed by atoms with Crippen LogP contribution in [0.1, 0.15) is 44.2 Å². The summed E-state index contributed by atoms with van der Waals surface area (Å²) in [6.07, 6.45) is 11.6. The SMILES string of the molecule is Cn1nccc1CCC(N)C1C2CC3CC(C2)CC1C3. The van der Waals surface area contributed by atoms with Crippen LogP contribution in [0.15, 0.2) is 12.3 Å². The highest BCUT2D eigenvalue weighted by Gasteiger charge is 2.49. The van der Waals surface area contributed by atoms with Crippen LogP contribution in [-0.2, 0) is 13.5 Å². The van der Waals surface area contributed by atoms with Crippen molar-refractivity contribution in [3.8, 4) is 0 Å². The predicted octanol–water partition coefficient (Wildman–Crippen LogP) is 2.75. The molecule has 3 nitrogen and oxygen atoms in total. The minimum Gasteiger partial charge on any atom is -0.327 e. The molecule has 4 bridgehead atoms. The van der Waals surface area contributed by atoms with Crippen molar-refractivity contribution >= 4 is 0 Å². The second kappa shape index (κ2) is 4.87. The Hall–Kier alpha value is -0.830. The van der Waals surface area contributed by atoms with Gasteiger partial charge in [-0.25, -0.2) is 0 Å². The number of hydrogen-bond donors (Lipinski definition) is 1. The van der Waals surface area contributed by atoms with E-state index in [-0.39, 0.29) is 0 Å². The Morgan fingerprint density at radius 2 is 1.85 bits per heavy atom. The molecule has 0 aromatic carbocycles. The Morgan fingerprint density at radius 1 is 1.20 bits per heavy atom. The largest absolute Gasteiger partial charge is 0.327 e. The van der Waals surface area contributed by atoms with E-state index in [9.17, 15) is 0 Å². The molecule has 0 amide bonds. The standard InChI is InChI=1S/C17H27N3/c1-20-15(4-5-19-20)2-3-16(18)17-13-7-11-6-12(9-13)10-14(17)8-11/h4-5,11-14,16-17H,2-3,6-10,18H2,1H3. The van der Waals surface area contributed by atoms with Crippen molar-refractivity contribution in [1.82, 2.24) is 9.78 Å². The molecule has 0 aliphatic heterocycles. The summed E-state index contributed by atoms with van der Waals surface area (Å²) in [5.41, 5.74) is 7.96. The first-order valence-corrected chi connectivity index (χ1v) is 8.43. The minimum absolute atomic E-state index is 0.403. The number of aryl methyl sites for hydroxylation is 2. The molecule has 0 saturated heterocycles. The van der Waals surface area contributed by atoms with Gasteiger partial charge in [-0.05, 0) is 80.6 Å². The summed E-state index contributed by atoms with van der Waals surface area (Å²) in [5, 5.41) is 4.26. The zero-order chi connectivity index (χ0) is 13.7. The first-order chi connectivity index (χ1) is 9.70. The van der Waals surface area contributed by atoms with Crippen molar-refractivity contribution in [2.75, 3.05) is 0 Å². The van der Waals surface area contributed by atoms with Gasteiger partial charge in [-0.3, -0.25) is 4.68 Å². The average molecular weight is 273 g/mol. The van der Waals surface area contributed by atoms with Crippen LogP contribution in [0.5, 0.6) is 0 Å². The van der Waals surface area contributed by atoms with Gasteiger partial charge < -0.3 is 5.73 Å². The van der Waals surface area contributed by atoms with Crippen LogP contribution in [0.4, 0.5) is 0 Å². The van der Waals surface area contributed by atoms with Crippen molar-refractivity contribution in [1.29, 1.82) is 0 Å². The Kier molecular flexibility index (Phi) is 3.13. The maximum Gasteiger partial charge on any atom is 0.0492 e. The van der Waals surface area contributed by atoms with Gasteiger partial charge in [-0.2, -0.15) is 5.10 Å². The van der Waals surface area contributed by atoms with Crippen molar-refractivity contribution < 1.29 is 0 Å². The molecule has 4 aliphatic carbocycles. The lowest BCUT2D eigenvalue weighted by molar-refractivity contribution is -0.0475. The van der Waals surface area contributed by atoms with Crippen LogP contribution in [0.3, 0.4) is 0 Å². The Bertz CT molecular complexity index is 450. The van der Waals surface area contributed by atoms with Gasteiger partial charge in [-0.1, -0.05) is 0 Å². The van der Waals surface area contributed by atoms with Crippen LogP contribution >= 0.6 is 0 Å². The summed E-state index contributed by atoms with van der Waals surface area (Å²) >= 11 is 0. The van der Waals surface area contributed by atoms with E-state index in [1.165, 1.54) is 37.8 Å². The smallest absolute Gasteiger partial charge is 0.0492 e. The molecule has 4 saturated carbocycles. The van der Waals surface area contributed by atoms with E-state index < -0.39 is 0 Å². The third-order valence-corrected chi connectivity index (χ3v) is 6.45. The van der Waals surface area contributed by atoms with Gasteiger partial charge in [0.2, 0.25) is 0 Å². The van der Waals surface area contributed by atoms with E-state index in [1.54, 1.807) is 0 Å². The van der Waals surface area contributed by atoms with E-state index in [1.807, 2.05) is 17.9 Å². The van der Waals surface area contributed by atoms with Crippen LogP contribution in [-0.4, -0.2) is 15.8 Å². The van der Waals surface area contributed by atoms with Gasteiger partial charge in [0.25, 0.3) is 0 Å². The first-order valence-electron chi connectivity index (χ1n) is 8.43. The highest BCUT2D eigenvalue weighted by Crippen LogP contribution is 2.57. The fourth-order valence-corrected chi connectivity index (χ4v) is 5.82. The third-order valence-electron chi connectivity index (χ3n) is 6.45. The van der Waals surface area contributed by atoms with E-state index in [0.29, 0.717) is 6.04 Å². The topological polar surface area (TPSA) is 43.8 Å². The van der Waals surface area contributed by atoms with Crippen LogP contribution in [0, 0.1) is 29.6 Å². The summed E-state index contributed by atoms with van der Waals surface area (Å²) in [4.78, 5) is 0. The second-order valence-corrected chi connectivity index (χ2v) is 7.66. The van der Waals surface area contributed by atoms with Crippen molar-refractivity contribution in [2.24, 2.45) is 42.4 Å². The number of nitrogens with two attached hydrogens (primary N) is 1. The minimum atomic E-state index is 0.403. The highest BCUT2D eigenvalue weighted by atomic mass is 15.2. The molecule has 20 heavy (non-hydrogen) atoms. The number of aromatic nitrogens is 2. The molecule has 4 aliphatic rings. The Labute approximate surface area is 121 Å². The van der Waals surface area contributed by atoms with Gasteiger partial charge >= 0.3 is 0 Å². The summed E-state index contributed by atoms with van der Waals surface area (Å²) < 4.78 is 1.99. The Morgan fingerprint density at radius 3 is 2.40 bits per heavy atom. The molecule has 3 heteroatoms. The van der Waals surface area contributed by atoms with Crippen LogP contribution in [0.25, 0.3) is 0 Å². The molecule has 0 radical (unpaired) electrons. The van der Waals surface area contributed by atoms with Crippen molar-refractivity contribution in [3.63, 3.8) is 0 Å². The number of nitrogens with zero attached hydrogens (tertiary/aromatic N) is 2. The van der Waals surface area contributed by atoms with Crippen LogP contribution < -0.4 is 5.73 Å². The molecule has 1 unspecified atom stereocenters. The fourth-order valence-electron chi connectivity index (χ4n) is 5.82. The van der Waals surface area contributed by atoms with Gasteiger partial charge in [-0.15, -0.1) is 0 Å². The molecular formula is C17H27N3. The lowest BCUT2D eigenvalue weighted by atomic mass is 9.50.